The lowest BCUT2D eigenvalue weighted by molar-refractivity contribution is -0.126. The molecule has 0 saturated carbocycles. The molecule has 2 heterocycles. The first kappa shape index (κ1) is 20.9. The average molecular weight is 438 g/mol. The maximum atomic E-state index is 12.8. The van der Waals surface area contributed by atoms with Gasteiger partial charge in [-0.1, -0.05) is 24.3 Å². The fraction of sp³-hybridized carbons (Fsp3) is 0.273. The molecule has 8 nitrogen and oxygen atoms in total. The number of carbonyl (C=O) groups is 3. The van der Waals surface area contributed by atoms with Gasteiger partial charge < -0.3 is 20.9 Å². The Hall–Kier alpha value is -3.33. The Balaban J connectivity index is 1.47. The molecule has 0 radical (unpaired) electrons. The zero-order chi connectivity index (χ0) is 21.8. The molecule has 0 unspecified atom stereocenters. The van der Waals surface area contributed by atoms with Crippen molar-refractivity contribution < 1.29 is 14.4 Å². The number of nitrogens with one attached hydrogen (secondary N) is 4. The molecule has 0 fully saturated rings. The molecule has 1 aliphatic rings. The molecule has 2 aromatic carbocycles. The maximum Gasteiger partial charge on any atom is 0.254 e. The minimum absolute atomic E-state index is 0.165. The average Bonchev–Trinajstić information content (AvgIpc) is 3.16. The largest absolute Gasteiger partial charge is 0.346 e. The van der Waals surface area contributed by atoms with Gasteiger partial charge in [0.25, 0.3) is 5.91 Å². The van der Waals surface area contributed by atoms with Gasteiger partial charge in [0.2, 0.25) is 11.8 Å². The molecule has 1 aromatic heterocycles. The molecule has 4 rings (SSSR count). The predicted molar refractivity (Wildman–Crippen MR) is 121 cm³/mol. The first-order valence-corrected chi connectivity index (χ1v) is 11.4. The van der Waals surface area contributed by atoms with E-state index in [4.69, 9.17) is 0 Å². The first-order chi connectivity index (χ1) is 15.0. The Bertz CT molecular complexity index is 1100. The van der Waals surface area contributed by atoms with E-state index in [1.807, 2.05) is 30.5 Å². The number of hydrogen-bond donors (Lipinski definition) is 4. The first-order valence-electron chi connectivity index (χ1n) is 9.99. The van der Waals surface area contributed by atoms with Gasteiger partial charge in [0, 0.05) is 0 Å². The Morgan fingerprint density at radius 3 is 2.74 bits per heavy atom. The Morgan fingerprint density at radius 2 is 1.94 bits per heavy atom. The van der Waals surface area contributed by atoms with E-state index in [0.717, 1.165) is 16.8 Å². The van der Waals surface area contributed by atoms with Crippen LogP contribution in [0.5, 0.6) is 0 Å². The van der Waals surface area contributed by atoms with Crippen LogP contribution in [0.25, 0.3) is 11.0 Å². The van der Waals surface area contributed by atoms with Crippen LogP contribution in [0, 0.1) is 0 Å². The molecule has 31 heavy (non-hydrogen) atoms. The lowest BCUT2D eigenvalue weighted by atomic mass is 10.1. The van der Waals surface area contributed by atoms with Gasteiger partial charge in [-0.2, -0.15) is 11.8 Å². The summed E-state index contributed by atoms with van der Waals surface area (Å²) in [5, 5.41) is 8.35. The van der Waals surface area contributed by atoms with Gasteiger partial charge in [-0.15, -0.1) is 0 Å². The summed E-state index contributed by atoms with van der Waals surface area (Å²) in [4.78, 5) is 45.7. The van der Waals surface area contributed by atoms with Crippen LogP contribution >= 0.6 is 11.8 Å². The van der Waals surface area contributed by atoms with Gasteiger partial charge in [0.1, 0.15) is 11.9 Å². The van der Waals surface area contributed by atoms with E-state index < -0.39 is 11.9 Å². The minimum Gasteiger partial charge on any atom is -0.346 e. The normalized spacial score (nSPS) is 16.7. The molecule has 160 valence electrons. The number of hydrogen-bond acceptors (Lipinski definition) is 5. The number of amides is 3. The van der Waals surface area contributed by atoms with Crippen LogP contribution < -0.4 is 16.0 Å². The van der Waals surface area contributed by atoms with E-state index in [0.29, 0.717) is 23.5 Å². The number of para-hydroxylation sites is 3. The summed E-state index contributed by atoms with van der Waals surface area (Å²) in [6.07, 6.45) is 2.52. The van der Waals surface area contributed by atoms with Crippen molar-refractivity contribution in [2.75, 3.05) is 17.3 Å². The zero-order valence-corrected chi connectivity index (χ0v) is 17.8. The summed E-state index contributed by atoms with van der Waals surface area (Å²) in [5.41, 5.74) is 2.54. The standard InChI is InChI=1S/C22H23N5O3S/c1-31-11-10-17(20-24-15-8-4-5-9-16(15)25-20)23-19(28)12-18-22(30)26-14-7-3-2-6-13(14)21(29)27-18/h2-9,17-18H,10-12H2,1H3,(H,23,28)(H,24,25)(H,26,30)(H,27,29)/t17-,18-/m0/s1. The van der Waals surface area contributed by atoms with Crippen LogP contribution in [0.15, 0.2) is 48.5 Å². The highest BCUT2D eigenvalue weighted by Gasteiger charge is 2.30. The molecular formula is C22H23N5O3S. The van der Waals surface area contributed by atoms with E-state index in [-0.39, 0.29) is 24.3 Å². The monoisotopic (exact) mass is 437 g/mol. The summed E-state index contributed by atoms with van der Waals surface area (Å²) >= 11 is 1.68. The fourth-order valence-electron chi connectivity index (χ4n) is 3.54. The summed E-state index contributed by atoms with van der Waals surface area (Å²) in [5.74, 6) is 0.363. The van der Waals surface area contributed by atoms with Crippen molar-refractivity contribution in [3.63, 3.8) is 0 Å². The molecule has 0 spiro atoms. The van der Waals surface area contributed by atoms with Gasteiger partial charge >= 0.3 is 0 Å². The fourth-order valence-corrected chi connectivity index (χ4v) is 4.02. The third-order valence-electron chi connectivity index (χ3n) is 5.12. The summed E-state index contributed by atoms with van der Waals surface area (Å²) in [7, 11) is 0. The van der Waals surface area contributed by atoms with Gasteiger partial charge in [-0.05, 0) is 42.7 Å². The number of fused-ring (bicyclic) bond motifs is 2. The third-order valence-corrected chi connectivity index (χ3v) is 5.77. The number of carbonyl (C=O) groups excluding carboxylic acids is 3. The number of thioether (sulfide) groups is 1. The number of H-pyrrole nitrogens is 1. The summed E-state index contributed by atoms with van der Waals surface area (Å²) in [6, 6.07) is 13.1. The molecule has 9 heteroatoms. The van der Waals surface area contributed by atoms with Crippen molar-refractivity contribution >= 4 is 46.2 Å². The second kappa shape index (κ2) is 9.22. The number of benzene rings is 2. The van der Waals surface area contributed by atoms with E-state index in [1.54, 1.807) is 36.0 Å². The molecule has 3 amide bonds. The van der Waals surface area contributed by atoms with Crippen LogP contribution in [0.1, 0.15) is 35.1 Å². The lowest BCUT2D eigenvalue weighted by Gasteiger charge is -2.19. The quantitative estimate of drug-likeness (QED) is 0.453. The van der Waals surface area contributed by atoms with Crippen LogP contribution in [-0.2, 0) is 9.59 Å². The predicted octanol–water partition coefficient (Wildman–Crippen LogP) is 2.61. The number of imidazole rings is 1. The SMILES string of the molecule is CSCC[C@H](NC(=O)C[C@@H]1NC(=O)c2ccccc2NC1=O)c1nc2ccccc2[nH]1. The molecule has 4 N–H and O–H groups in total. The van der Waals surface area contributed by atoms with Gasteiger partial charge in [0.05, 0.1) is 34.7 Å². The molecule has 1 aliphatic heterocycles. The smallest absolute Gasteiger partial charge is 0.254 e. The minimum atomic E-state index is -0.961. The highest BCUT2D eigenvalue weighted by Crippen LogP contribution is 2.21. The second-order valence-electron chi connectivity index (χ2n) is 7.31. The van der Waals surface area contributed by atoms with Crippen molar-refractivity contribution in [2.45, 2.75) is 24.9 Å². The van der Waals surface area contributed by atoms with Crippen LogP contribution in [0.4, 0.5) is 5.69 Å². The Kier molecular flexibility index (Phi) is 6.22. The summed E-state index contributed by atoms with van der Waals surface area (Å²) in [6.45, 7) is 0. The number of aromatic amines is 1. The van der Waals surface area contributed by atoms with Gasteiger partial charge in [-0.25, -0.2) is 4.98 Å². The number of anilines is 1. The molecule has 3 aromatic rings. The van der Waals surface area contributed by atoms with Crippen molar-refractivity contribution in [2.24, 2.45) is 0 Å². The van der Waals surface area contributed by atoms with Crippen molar-refractivity contribution in [1.29, 1.82) is 0 Å². The number of nitrogens with zero attached hydrogens (tertiary/aromatic N) is 1. The zero-order valence-electron chi connectivity index (χ0n) is 17.0. The molecule has 0 saturated heterocycles. The van der Waals surface area contributed by atoms with Crippen molar-refractivity contribution in [1.82, 2.24) is 20.6 Å². The lowest BCUT2D eigenvalue weighted by Crippen LogP contribution is -2.45. The maximum absolute atomic E-state index is 12.8. The number of aromatic nitrogens is 2. The van der Waals surface area contributed by atoms with E-state index in [9.17, 15) is 14.4 Å². The third kappa shape index (κ3) is 4.72. The molecule has 2 atom stereocenters. The van der Waals surface area contributed by atoms with Crippen molar-refractivity contribution in [3.8, 4) is 0 Å². The van der Waals surface area contributed by atoms with Crippen molar-refractivity contribution in [3.05, 3.63) is 59.9 Å². The summed E-state index contributed by atoms with van der Waals surface area (Å²) < 4.78 is 0. The van der Waals surface area contributed by atoms with Crippen LogP contribution in [0.2, 0.25) is 0 Å². The van der Waals surface area contributed by atoms with E-state index >= 15 is 0 Å². The van der Waals surface area contributed by atoms with Crippen LogP contribution in [-0.4, -0.2) is 45.7 Å². The van der Waals surface area contributed by atoms with Gasteiger partial charge in [-0.3, -0.25) is 14.4 Å². The number of rotatable bonds is 7. The Labute approximate surface area is 183 Å². The van der Waals surface area contributed by atoms with Crippen LogP contribution in [0.3, 0.4) is 0 Å². The molecular weight excluding hydrogens is 414 g/mol. The highest BCUT2D eigenvalue weighted by molar-refractivity contribution is 7.98. The highest BCUT2D eigenvalue weighted by atomic mass is 32.2. The van der Waals surface area contributed by atoms with Gasteiger partial charge in [0.15, 0.2) is 0 Å². The second-order valence-corrected chi connectivity index (χ2v) is 8.29. The molecule has 0 aliphatic carbocycles. The molecule has 0 bridgehead atoms. The topological polar surface area (TPSA) is 116 Å². The van der Waals surface area contributed by atoms with E-state index in [2.05, 4.69) is 25.9 Å². The Morgan fingerprint density at radius 1 is 1.16 bits per heavy atom. The van der Waals surface area contributed by atoms with E-state index in [1.165, 1.54) is 0 Å².